The Kier molecular flexibility index (Phi) is 5.56. The number of halogens is 3. The molecule has 0 heterocycles. The first-order valence-electron chi connectivity index (χ1n) is 4.43. The summed E-state index contributed by atoms with van der Waals surface area (Å²) < 4.78 is 0. The van der Waals surface area contributed by atoms with Crippen LogP contribution in [0, 0.1) is 0 Å². The molecule has 0 aliphatic rings. The minimum absolute atomic E-state index is 0.775. The van der Waals surface area contributed by atoms with E-state index in [1.165, 1.54) is 5.19 Å². The van der Waals surface area contributed by atoms with Crippen molar-refractivity contribution in [3.8, 4) is 0 Å². The Morgan fingerprint density at radius 2 is 1.71 bits per heavy atom. The van der Waals surface area contributed by atoms with Crippen molar-refractivity contribution < 1.29 is 0 Å². The van der Waals surface area contributed by atoms with Gasteiger partial charge in [-0.2, -0.15) is 0 Å². The monoisotopic (exact) mass is 280 g/mol. The van der Waals surface area contributed by atoms with E-state index in [1.807, 2.05) is 6.07 Å². The molecule has 0 aliphatic heterocycles. The number of benzene rings is 1. The summed E-state index contributed by atoms with van der Waals surface area (Å²) >= 11 is 17.4. The lowest BCUT2D eigenvalue weighted by atomic mass is 10.4. The van der Waals surface area contributed by atoms with Gasteiger partial charge in [0.05, 0.1) is 9.52 Å². The molecule has 0 N–H and O–H groups in total. The summed E-state index contributed by atoms with van der Waals surface area (Å²) in [5, 5.41) is 1.39. The molecule has 0 atom stereocenters. The van der Waals surface area contributed by atoms with Crippen LogP contribution in [0.3, 0.4) is 0 Å². The fraction of sp³-hybridized carbons (Fsp3) is 0.333. The van der Waals surface area contributed by atoms with E-state index in [0.29, 0.717) is 0 Å². The molecule has 0 aliphatic carbocycles. The standard InChI is InChI=1S/C9H11Cl3Si2/c10-14(11,12)8-4-7-13-9-5-2-1-3-6-9/h1-3,5-6H,4,7-8H2. The number of hydrogen-bond acceptors (Lipinski definition) is 0. The van der Waals surface area contributed by atoms with Gasteiger partial charge in [0, 0.05) is 0 Å². The van der Waals surface area contributed by atoms with Gasteiger partial charge in [-0.3, -0.25) is 0 Å². The van der Waals surface area contributed by atoms with E-state index in [2.05, 4.69) is 24.3 Å². The van der Waals surface area contributed by atoms with Crippen molar-refractivity contribution in [3.63, 3.8) is 0 Å². The molecular formula is C9H11Cl3Si2. The molecule has 1 aromatic rings. The number of rotatable bonds is 5. The summed E-state index contributed by atoms with van der Waals surface area (Å²) in [7, 11) is 0.837. The van der Waals surface area contributed by atoms with Crippen molar-refractivity contribution >= 4 is 53.9 Å². The SMILES string of the molecule is Cl[Si](Cl)(Cl)CCC[Si]c1ccccc1. The Morgan fingerprint density at radius 3 is 2.29 bits per heavy atom. The summed E-state index contributed by atoms with van der Waals surface area (Å²) in [6, 6.07) is 9.97. The van der Waals surface area contributed by atoms with Gasteiger partial charge in [0.1, 0.15) is 0 Å². The number of hydrogen-bond donors (Lipinski definition) is 0. The van der Waals surface area contributed by atoms with E-state index in [4.69, 9.17) is 33.2 Å². The molecule has 0 fully saturated rings. The zero-order chi connectivity index (χ0) is 10.4. The summed E-state index contributed by atoms with van der Waals surface area (Å²) in [6.07, 6.45) is 1.02. The van der Waals surface area contributed by atoms with Crippen LogP contribution in [0.15, 0.2) is 30.3 Å². The highest BCUT2D eigenvalue weighted by atomic mass is 35.8. The third-order valence-corrected chi connectivity index (χ3v) is 5.71. The minimum atomic E-state index is -2.37. The smallest absolute Gasteiger partial charge is 0.126 e. The van der Waals surface area contributed by atoms with Gasteiger partial charge in [0.15, 0.2) is 0 Å². The largest absolute Gasteiger partial charge is 0.341 e. The highest BCUT2D eigenvalue weighted by molar-refractivity contribution is 7.64. The summed E-state index contributed by atoms with van der Waals surface area (Å²) in [6.45, 7) is 0. The van der Waals surface area contributed by atoms with Crippen LogP contribution in [0.2, 0.25) is 12.1 Å². The summed E-state index contributed by atoms with van der Waals surface area (Å²) in [5.41, 5.74) is 0. The highest BCUT2D eigenvalue weighted by Gasteiger charge is 2.23. The van der Waals surface area contributed by atoms with Crippen molar-refractivity contribution in [3.05, 3.63) is 30.3 Å². The molecule has 0 saturated heterocycles. The molecule has 0 spiro atoms. The van der Waals surface area contributed by atoms with E-state index in [9.17, 15) is 0 Å². The van der Waals surface area contributed by atoms with Crippen LogP contribution in [0.4, 0.5) is 0 Å². The first kappa shape index (κ1) is 12.6. The van der Waals surface area contributed by atoms with Crippen LogP contribution < -0.4 is 5.19 Å². The molecule has 0 aromatic heterocycles. The summed E-state index contributed by atoms with van der Waals surface area (Å²) in [4.78, 5) is 0. The van der Waals surface area contributed by atoms with E-state index < -0.39 is 6.00 Å². The van der Waals surface area contributed by atoms with Crippen molar-refractivity contribution in [1.29, 1.82) is 0 Å². The lowest BCUT2D eigenvalue weighted by Crippen LogP contribution is -2.14. The van der Waals surface area contributed by atoms with Gasteiger partial charge in [-0.25, -0.2) is 0 Å². The van der Waals surface area contributed by atoms with E-state index in [1.54, 1.807) is 0 Å². The molecule has 76 valence electrons. The molecule has 0 bridgehead atoms. The van der Waals surface area contributed by atoms with Crippen molar-refractivity contribution in [2.24, 2.45) is 0 Å². The van der Waals surface area contributed by atoms with Gasteiger partial charge in [-0.1, -0.05) is 48.0 Å². The fourth-order valence-electron chi connectivity index (χ4n) is 1.08. The van der Waals surface area contributed by atoms with Gasteiger partial charge in [0.2, 0.25) is 0 Å². The molecular weight excluding hydrogens is 271 g/mol. The lowest BCUT2D eigenvalue weighted by molar-refractivity contribution is 1.06. The quantitative estimate of drug-likeness (QED) is 0.440. The Bertz CT molecular complexity index is 259. The first-order valence-corrected chi connectivity index (χ1v) is 10.9. The Labute approximate surface area is 103 Å². The highest BCUT2D eigenvalue weighted by Crippen LogP contribution is 2.26. The summed E-state index contributed by atoms with van der Waals surface area (Å²) in [5.74, 6) is 0. The molecule has 0 saturated carbocycles. The third-order valence-electron chi connectivity index (χ3n) is 1.74. The molecule has 5 heteroatoms. The minimum Gasteiger partial charge on any atom is -0.126 e. The van der Waals surface area contributed by atoms with Gasteiger partial charge in [0.25, 0.3) is 0 Å². The Hall–Kier alpha value is 0.524. The molecule has 0 nitrogen and oxygen atoms in total. The fourth-order valence-corrected chi connectivity index (χ4v) is 4.28. The van der Waals surface area contributed by atoms with Gasteiger partial charge >= 0.3 is 6.00 Å². The van der Waals surface area contributed by atoms with Gasteiger partial charge in [-0.05, 0) is 6.04 Å². The predicted octanol–water partition coefficient (Wildman–Crippen LogP) is 3.48. The maximum Gasteiger partial charge on any atom is 0.341 e. The second-order valence-corrected chi connectivity index (χ2v) is 13.7. The molecule has 1 rings (SSSR count). The van der Waals surface area contributed by atoms with E-state index >= 15 is 0 Å². The normalized spacial score (nSPS) is 11.6. The predicted molar refractivity (Wildman–Crippen MR) is 69.4 cm³/mol. The lowest BCUT2D eigenvalue weighted by Gasteiger charge is -2.06. The zero-order valence-electron chi connectivity index (χ0n) is 7.64. The molecule has 1 aromatic carbocycles. The topological polar surface area (TPSA) is 0 Å². The van der Waals surface area contributed by atoms with Crippen LogP contribution >= 0.6 is 33.2 Å². The second-order valence-electron chi connectivity index (χ2n) is 3.01. The van der Waals surface area contributed by atoms with Crippen LogP contribution in [-0.2, 0) is 0 Å². The molecule has 14 heavy (non-hydrogen) atoms. The average molecular weight is 282 g/mol. The Morgan fingerprint density at radius 1 is 1.07 bits per heavy atom. The van der Waals surface area contributed by atoms with Crippen LogP contribution in [0.25, 0.3) is 0 Å². The van der Waals surface area contributed by atoms with E-state index in [0.717, 1.165) is 28.0 Å². The van der Waals surface area contributed by atoms with E-state index in [-0.39, 0.29) is 0 Å². The Balaban J connectivity index is 2.17. The van der Waals surface area contributed by atoms with Crippen molar-refractivity contribution in [2.45, 2.75) is 18.5 Å². The molecule has 0 amide bonds. The zero-order valence-corrected chi connectivity index (χ0v) is 11.9. The molecule has 2 radical (unpaired) electrons. The maximum absolute atomic E-state index is 5.79. The third kappa shape index (κ3) is 6.09. The van der Waals surface area contributed by atoms with Crippen molar-refractivity contribution in [1.82, 2.24) is 0 Å². The van der Waals surface area contributed by atoms with Gasteiger partial charge < -0.3 is 0 Å². The van der Waals surface area contributed by atoms with Gasteiger partial charge in [-0.15, -0.1) is 33.2 Å². The average Bonchev–Trinajstić information content (AvgIpc) is 2.13. The van der Waals surface area contributed by atoms with Crippen LogP contribution in [0.5, 0.6) is 0 Å². The molecule has 0 unspecified atom stereocenters. The van der Waals surface area contributed by atoms with Crippen molar-refractivity contribution in [2.75, 3.05) is 0 Å². The second kappa shape index (κ2) is 6.18. The maximum atomic E-state index is 5.79. The van der Waals surface area contributed by atoms with Crippen LogP contribution in [0.1, 0.15) is 6.42 Å². The van der Waals surface area contributed by atoms with Crippen LogP contribution in [-0.4, -0.2) is 15.5 Å². The first-order chi connectivity index (χ1) is 6.58.